The van der Waals surface area contributed by atoms with Crippen molar-refractivity contribution < 1.29 is 52.7 Å². The zero-order valence-electron chi connectivity index (χ0n) is 72.4. The molecule has 0 saturated carbocycles. The molecule has 8 rings (SSSR count). The molecule has 11 atom stereocenters. The molecular weight excluding hydrogens is 1640 g/mol. The van der Waals surface area contributed by atoms with Crippen LogP contribution >= 0.6 is 0 Å². The lowest BCUT2D eigenvalue weighted by atomic mass is 9.99. The second-order valence-electron chi connectivity index (χ2n) is 32.5. The lowest BCUT2D eigenvalue weighted by molar-refractivity contribution is -0.136. The van der Waals surface area contributed by atoms with Crippen LogP contribution in [0.5, 0.6) is 0 Å². The van der Waals surface area contributed by atoms with E-state index in [1.165, 1.54) is 0 Å². The number of H-pyrrole nitrogens is 4. The molecular formula is C86H125N31O11. The maximum absolute atomic E-state index is 15.6. The molecule has 42 nitrogen and oxygen atoms in total. The molecule has 4 aromatic carbocycles. The molecule has 0 aliphatic heterocycles. The fraction of sp³-hybridized carbons (Fsp3) is 0.442. The van der Waals surface area contributed by atoms with Crippen molar-refractivity contribution in [3.8, 4) is 0 Å². The van der Waals surface area contributed by atoms with Gasteiger partial charge in [-0.3, -0.25) is 79.8 Å². The number of nitrogens with two attached hydrogens (primary N) is 7. The molecule has 0 aliphatic rings. The molecule has 11 amide bonds. The number of hydrogen-bond donors (Lipinski definition) is 31. The maximum atomic E-state index is 15.6. The van der Waals surface area contributed by atoms with Crippen molar-refractivity contribution in [1.29, 1.82) is 27.0 Å². The van der Waals surface area contributed by atoms with Gasteiger partial charge in [0.05, 0.1) is 6.04 Å². The van der Waals surface area contributed by atoms with E-state index < -0.39 is 137 Å². The van der Waals surface area contributed by atoms with Crippen molar-refractivity contribution in [2.24, 2.45) is 52.0 Å². The number of carbonyl (C=O) groups excluding carboxylic acids is 11. The summed E-state index contributed by atoms with van der Waals surface area (Å²) in [6, 6.07) is 13.4. The van der Waals surface area contributed by atoms with Crippen LogP contribution in [0.25, 0.3) is 43.6 Å². The molecule has 690 valence electrons. The van der Waals surface area contributed by atoms with Crippen molar-refractivity contribution in [3.63, 3.8) is 0 Å². The average Bonchev–Trinajstić information content (AvgIpc) is 1.65. The average molecular weight is 1770 g/mol. The fourth-order valence-electron chi connectivity index (χ4n) is 14.9. The van der Waals surface area contributed by atoms with Gasteiger partial charge in [0.15, 0.2) is 29.8 Å². The monoisotopic (exact) mass is 1770 g/mol. The lowest BCUT2D eigenvalue weighted by Crippen LogP contribution is -2.61. The number of nitrogens with one attached hydrogen (secondary N) is 24. The minimum atomic E-state index is -1.57. The summed E-state index contributed by atoms with van der Waals surface area (Å²) in [6.45, 7) is 7.69. The van der Waals surface area contributed by atoms with Gasteiger partial charge in [0.25, 0.3) is 0 Å². The summed E-state index contributed by atoms with van der Waals surface area (Å²) in [5, 5.41) is 83.1. The Kier molecular flexibility index (Phi) is 38.1. The van der Waals surface area contributed by atoms with E-state index in [9.17, 15) is 19.2 Å². The molecule has 38 N–H and O–H groups in total. The molecule has 0 unspecified atom stereocenters. The normalized spacial score (nSPS) is 13.9. The first-order valence-electron chi connectivity index (χ1n) is 42.8. The number of primary amides is 1. The summed E-state index contributed by atoms with van der Waals surface area (Å²) in [6.07, 6.45) is 6.52. The van der Waals surface area contributed by atoms with Crippen molar-refractivity contribution in [2.45, 2.75) is 197 Å². The first-order chi connectivity index (χ1) is 61.1. The van der Waals surface area contributed by atoms with Crippen LogP contribution in [-0.2, 0) is 78.4 Å². The van der Waals surface area contributed by atoms with Crippen LogP contribution in [0.2, 0.25) is 0 Å². The number of carbonyl (C=O) groups is 11. The summed E-state index contributed by atoms with van der Waals surface area (Å²) in [5.41, 5.74) is 45.4. The minimum absolute atomic E-state index is 0.0139. The van der Waals surface area contributed by atoms with E-state index in [0.29, 0.717) is 50.5 Å². The van der Waals surface area contributed by atoms with Gasteiger partial charge in [-0.05, 0) is 135 Å². The Hall–Kier alpha value is -14.5. The molecule has 0 bridgehead atoms. The second kappa shape index (κ2) is 49.3. The van der Waals surface area contributed by atoms with Crippen LogP contribution in [0, 0.1) is 38.9 Å². The third kappa shape index (κ3) is 31.3. The first-order valence-corrected chi connectivity index (χ1v) is 42.8. The van der Waals surface area contributed by atoms with Crippen LogP contribution < -0.4 is 120 Å². The van der Waals surface area contributed by atoms with Gasteiger partial charge in [0.2, 0.25) is 65.0 Å². The predicted octanol–water partition coefficient (Wildman–Crippen LogP) is -1.05. The Morgan fingerprint density at radius 2 is 0.484 bits per heavy atom. The molecule has 0 spiro atoms. The van der Waals surface area contributed by atoms with Crippen LogP contribution in [0.3, 0.4) is 0 Å². The van der Waals surface area contributed by atoms with Gasteiger partial charge >= 0.3 is 0 Å². The smallest absolute Gasteiger partial charge is 0.243 e. The molecule has 4 aromatic heterocycles. The Labute approximate surface area is 740 Å². The second-order valence-corrected chi connectivity index (χ2v) is 32.5. The van der Waals surface area contributed by atoms with Crippen molar-refractivity contribution >= 4 is 138 Å². The van der Waals surface area contributed by atoms with Gasteiger partial charge in [-0.1, -0.05) is 100 Å². The number of aromatic amines is 4. The molecule has 128 heavy (non-hydrogen) atoms. The van der Waals surface area contributed by atoms with Crippen LogP contribution in [0.15, 0.2) is 122 Å². The molecule has 42 heteroatoms. The Balaban J connectivity index is 1.09. The third-order valence-electron chi connectivity index (χ3n) is 21.5. The summed E-state index contributed by atoms with van der Waals surface area (Å²) in [5.74, 6) is -11.7. The predicted molar refractivity (Wildman–Crippen MR) is 489 cm³/mol. The maximum Gasteiger partial charge on any atom is 0.243 e. The number of hydrogen-bond acceptors (Lipinski definition) is 17. The van der Waals surface area contributed by atoms with E-state index in [1.54, 1.807) is 81.1 Å². The summed E-state index contributed by atoms with van der Waals surface area (Å²) in [4.78, 5) is 177. The number of fused-ring (bicyclic) bond motifs is 4. The van der Waals surface area contributed by atoms with Crippen LogP contribution in [-0.4, -0.2) is 214 Å². The van der Waals surface area contributed by atoms with Gasteiger partial charge in [-0.25, -0.2) is 0 Å². The Morgan fingerprint density at radius 3 is 0.734 bits per heavy atom. The first kappa shape index (κ1) is 98.9. The van der Waals surface area contributed by atoms with E-state index >= 15 is 33.6 Å². The highest BCUT2D eigenvalue weighted by molar-refractivity contribution is 6.01. The highest BCUT2D eigenvalue weighted by Gasteiger charge is 2.38. The molecule has 4 heterocycles. The summed E-state index contributed by atoms with van der Waals surface area (Å²) in [7, 11) is 0. The van der Waals surface area contributed by atoms with Crippen molar-refractivity contribution in [3.05, 3.63) is 144 Å². The molecule has 0 saturated heterocycles. The molecule has 8 aromatic rings. The summed E-state index contributed by atoms with van der Waals surface area (Å²) < 4.78 is 0. The zero-order valence-corrected chi connectivity index (χ0v) is 72.4. The number of guanidine groups is 5. The number of rotatable bonds is 53. The van der Waals surface area contributed by atoms with Crippen LogP contribution in [0.4, 0.5) is 0 Å². The standard InChI is InChI=1S/C86H125N31O11/c1-46(2)36-65(113-79(126)67(38-48-42-104-57-23-9-5-18-52(48)57)112-72(119)56(87)22-13-31-99-82(89)90)76(123)110-62(28-15-33-101-84(93)94)73(120)109-63(29-16-34-102-85(95)96)74(121)115-69(40-50-44-106-59-25-11-7-20-54(50)59)80(127)114-66(37-47(3)4)77(124)111-64(30-17-35-103-86(97)98)75(122)116-70(41-51-45-107-60-26-12-8-21-55(51)60)81(128)117-68(39-49-43-105-58-24-10-6-19-53(49)58)78(125)108-61(71(88)118)27-14-32-100-83(91)92/h5-12,18-21,23-26,42-47,56,61-70,104-107H,13-17,22,27-41,87H2,1-4H3,(H2,88,118)(H,108,125)(H,109,120)(H,110,123)(H,111,124)(H,112,119)(H,113,126)(H,114,127)(H,115,121)(H,116,122)(H,117,128)(H4,89,90,99)(H4,91,92,100)(H4,93,94,101)(H4,95,96,102)(H4,97,98,103)/t56-,61-,62-,63-,64-,65-,66-,67-,68-,69-,70-/m0/s1. The minimum Gasteiger partial charge on any atom is -0.370 e. The largest absolute Gasteiger partial charge is 0.370 e. The zero-order chi connectivity index (χ0) is 93.1. The van der Waals surface area contributed by atoms with Gasteiger partial charge in [0, 0.05) is 127 Å². The number of amides is 11. The lowest BCUT2D eigenvalue weighted by Gasteiger charge is -2.29. The van der Waals surface area contributed by atoms with E-state index in [0.717, 1.165) is 21.8 Å². The van der Waals surface area contributed by atoms with E-state index in [2.05, 4.69) is 99.7 Å². The van der Waals surface area contributed by atoms with Gasteiger partial charge < -0.3 is 140 Å². The molecule has 0 radical (unpaired) electrons. The molecule has 0 fully saturated rings. The van der Waals surface area contributed by atoms with E-state index in [-0.39, 0.29) is 165 Å². The SMILES string of the molecule is CC(C)C[C@H](NC(=O)[C@H](Cc1c[nH]c2ccccc12)NC(=O)[C@H](CCCNC(=N)N)NC(=O)[C@H](CCCNC(=N)N)NC(=O)[C@H](CC(C)C)NC(=O)[C@H](Cc1c[nH]c2ccccc12)NC(=O)[C@@H](N)CCCNC(=N)N)C(=O)N[C@@H](CCCNC(=N)N)C(=O)N[C@@H](Cc1c[nH]c2ccccc12)C(=O)N[C@@H](Cc1c[nH]c2ccccc12)C(=O)N[C@@H](CCCNC(=N)N)C(N)=O. The topological polar surface area (TPSA) is 733 Å². The quantitative estimate of drug-likeness (QED) is 0.0123. The van der Waals surface area contributed by atoms with Gasteiger partial charge in [-0.15, -0.1) is 0 Å². The number of benzene rings is 4. The Bertz CT molecular complexity index is 5190. The van der Waals surface area contributed by atoms with Gasteiger partial charge in [-0.2, -0.15) is 0 Å². The third-order valence-corrected chi connectivity index (χ3v) is 21.5. The highest BCUT2D eigenvalue weighted by atomic mass is 16.2. The van der Waals surface area contributed by atoms with E-state index in [1.807, 2.05) is 68.4 Å². The molecule has 0 aliphatic carbocycles. The van der Waals surface area contributed by atoms with E-state index in [4.69, 9.17) is 67.2 Å². The number of aromatic nitrogens is 4. The number of para-hydroxylation sites is 4. The van der Waals surface area contributed by atoms with Crippen molar-refractivity contribution in [1.82, 2.24) is 99.7 Å². The van der Waals surface area contributed by atoms with Crippen molar-refractivity contribution in [2.75, 3.05) is 32.7 Å². The van der Waals surface area contributed by atoms with Crippen LogP contribution in [0.1, 0.15) is 127 Å². The fourth-order valence-corrected chi connectivity index (χ4v) is 14.9. The van der Waals surface area contributed by atoms with Gasteiger partial charge in [0.1, 0.15) is 60.4 Å². The summed E-state index contributed by atoms with van der Waals surface area (Å²) >= 11 is 0. The Morgan fingerprint density at radius 1 is 0.281 bits per heavy atom. The highest BCUT2D eigenvalue weighted by Crippen LogP contribution is 2.25.